The van der Waals surface area contributed by atoms with E-state index in [0.717, 1.165) is 0 Å². The molecule has 0 aliphatic rings. The topological polar surface area (TPSA) is 84.3 Å². The van der Waals surface area contributed by atoms with Gasteiger partial charge in [0.15, 0.2) is 6.10 Å². The van der Waals surface area contributed by atoms with Gasteiger partial charge in [0.1, 0.15) is 12.1 Å². The maximum atomic E-state index is 11.3. The normalized spacial score (nSPS) is 12.1. The Morgan fingerprint density at radius 2 is 2.53 bits per heavy atom. The number of hydrogen-bond donors (Lipinski definition) is 2. The third kappa shape index (κ3) is 4.01. The fourth-order valence-corrected chi connectivity index (χ4v) is 0.879. The number of anilines is 1. The minimum atomic E-state index is -1.18. The first-order valence-corrected chi connectivity index (χ1v) is 4.56. The smallest absolute Gasteiger partial charge is 0.256 e. The predicted octanol–water partition coefficient (Wildman–Crippen LogP) is -0.188. The summed E-state index contributed by atoms with van der Waals surface area (Å²) >= 11 is 0. The average molecular weight is 211 g/mol. The first-order valence-electron chi connectivity index (χ1n) is 4.56. The van der Waals surface area contributed by atoms with Gasteiger partial charge in [0.05, 0.1) is 6.61 Å². The Hall–Kier alpha value is -1.53. The maximum Gasteiger partial charge on any atom is 0.256 e. The molecule has 15 heavy (non-hydrogen) atoms. The van der Waals surface area contributed by atoms with Crippen molar-refractivity contribution in [3.63, 3.8) is 0 Å². The van der Waals surface area contributed by atoms with E-state index >= 15 is 0 Å². The molecular formula is C9H13N3O3. The first kappa shape index (κ1) is 11.5. The van der Waals surface area contributed by atoms with E-state index < -0.39 is 12.0 Å². The zero-order valence-corrected chi connectivity index (χ0v) is 8.38. The Labute approximate surface area is 87.3 Å². The zero-order chi connectivity index (χ0) is 11.1. The van der Waals surface area contributed by atoms with Gasteiger partial charge in [-0.3, -0.25) is 4.79 Å². The number of aliphatic hydroxyl groups is 1. The lowest BCUT2D eigenvalue weighted by molar-refractivity contribution is -0.126. The van der Waals surface area contributed by atoms with E-state index in [-0.39, 0.29) is 6.61 Å². The van der Waals surface area contributed by atoms with Crippen molar-refractivity contribution < 1.29 is 14.6 Å². The fraction of sp³-hybridized carbons (Fsp3) is 0.444. The highest BCUT2D eigenvalue weighted by Gasteiger charge is 2.15. The van der Waals surface area contributed by atoms with Crippen LogP contribution in [-0.2, 0) is 9.53 Å². The molecule has 0 fully saturated rings. The van der Waals surface area contributed by atoms with Crippen LogP contribution in [0.5, 0.6) is 0 Å². The van der Waals surface area contributed by atoms with Crippen LogP contribution in [0.15, 0.2) is 18.6 Å². The molecule has 0 aromatic carbocycles. The van der Waals surface area contributed by atoms with Gasteiger partial charge >= 0.3 is 0 Å². The number of ether oxygens (including phenoxy) is 1. The van der Waals surface area contributed by atoms with Crippen LogP contribution in [0.2, 0.25) is 0 Å². The number of aromatic nitrogens is 2. The van der Waals surface area contributed by atoms with Gasteiger partial charge < -0.3 is 15.2 Å². The van der Waals surface area contributed by atoms with Gasteiger partial charge in [0.25, 0.3) is 5.91 Å². The van der Waals surface area contributed by atoms with Crippen molar-refractivity contribution in [2.45, 2.75) is 13.0 Å². The highest BCUT2D eigenvalue weighted by Crippen LogP contribution is 1.99. The van der Waals surface area contributed by atoms with Crippen molar-refractivity contribution in [1.29, 1.82) is 0 Å². The summed E-state index contributed by atoms with van der Waals surface area (Å²) < 4.78 is 4.91. The standard InChI is InChI=1S/C9H13N3O3/c1-2-15-5-7(13)9(14)12-8-3-4-10-6-11-8/h3-4,6-7,13H,2,5H2,1H3,(H,10,11,12,14). The minimum absolute atomic E-state index is 0.0204. The summed E-state index contributed by atoms with van der Waals surface area (Å²) in [6.45, 7) is 2.22. The molecule has 0 saturated carbocycles. The summed E-state index contributed by atoms with van der Waals surface area (Å²) in [7, 11) is 0. The van der Waals surface area contributed by atoms with Crippen molar-refractivity contribution in [2.24, 2.45) is 0 Å². The first-order chi connectivity index (χ1) is 7.24. The van der Waals surface area contributed by atoms with E-state index in [2.05, 4.69) is 15.3 Å². The molecule has 6 nitrogen and oxygen atoms in total. The number of carbonyl (C=O) groups is 1. The summed E-state index contributed by atoms with van der Waals surface area (Å²) in [6.07, 6.45) is 1.63. The molecule has 2 N–H and O–H groups in total. The number of nitrogens with zero attached hydrogens (tertiary/aromatic N) is 2. The molecule has 0 aliphatic heterocycles. The van der Waals surface area contributed by atoms with Crippen LogP contribution in [0.3, 0.4) is 0 Å². The molecular weight excluding hydrogens is 198 g/mol. The van der Waals surface area contributed by atoms with E-state index in [4.69, 9.17) is 4.74 Å². The van der Waals surface area contributed by atoms with Gasteiger partial charge in [0.2, 0.25) is 0 Å². The highest BCUT2D eigenvalue weighted by molar-refractivity contribution is 5.93. The van der Waals surface area contributed by atoms with Crippen LogP contribution < -0.4 is 5.32 Å². The van der Waals surface area contributed by atoms with E-state index in [0.29, 0.717) is 12.4 Å². The molecule has 0 bridgehead atoms. The van der Waals surface area contributed by atoms with E-state index in [1.807, 2.05) is 0 Å². The van der Waals surface area contributed by atoms with Crippen LogP contribution in [0, 0.1) is 0 Å². The summed E-state index contributed by atoms with van der Waals surface area (Å²) in [5, 5.41) is 11.8. The van der Waals surface area contributed by atoms with Crippen molar-refractivity contribution >= 4 is 11.7 Å². The maximum absolute atomic E-state index is 11.3. The molecule has 1 aromatic heterocycles. The Balaban J connectivity index is 2.42. The summed E-state index contributed by atoms with van der Waals surface area (Å²) in [5.74, 6) is -0.187. The molecule has 0 spiro atoms. The molecule has 1 heterocycles. The predicted molar refractivity (Wildman–Crippen MR) is 53.2 cm³/mol. The van der Waals surface area contributed by atoms with Crippen molar-refractivity contribution in [2.75, 3.05) is 18.5 Å². The van der Waals surface area contributed by atoms with Crippen molar-refractivity contribution in [3.8, 4) is 0 Å². The highest BCUT2D eigenvalue weighted by atomic mass is 16.5. The third-order valence-electron chi connectivity index (χ3n) is 1.62. The molecule has 0 aliphatic carbocycles. The van der Waals surface area contributed by atoms with Crippen LogP contribution in [-0.4, -0.2) is 40.3 Å². The Kier molecular flexibility index (Phi) is 4.65. The van der Waals surface area contributed by atoms with Gasteiger partial charge in [-0.15, -0.1) is 0 Å². The number of amides is 1. The lowest BCUT2D eigenvalue weighted by atomic mass is 10.3. The van der Waals surface area contributed by atoms with Gasteiger partial charge in [0, 0.05) is 12.8 Å². The largest absolute Gasteiger partial charge is 0.381 e. The Morgan fingerprint density at radius 1 is 1.73 bits per heavy atom. The average Bonchev–Trinajstić information content (AvgIpc) is 2.27. The summed E-state index contributed by atoms with van der Waals surface area (Å²) in [6, 6.07) is 1.53. The molecule has 82 valence electrons. The fourth-order valence-electron chi connectivity index (χ4n) is 0.879. The van der Waals surface area contributed by atoms with Gasteiger partial charge in [-0.25, -0.2) is 9.97 Å². The number of aliphatic hydroxyl groups excluding tert-OH is 1. The van der Waals surface area contributed by atoms with Gasteiger partial charge in [-0.05, 0) is 13.0 Å². The second-order valence-electron chi connectivity index (χ2n) is 2.76. The molecule has 6 heteroatoms. The molecule has 1 aromatic rings. The summed E-state index contributed by atoms with van der Waals surface area (Å²) in [5.41, 5.74) is 0. The van der Waals surface area contributed by atoms with Crippen molar-refractivity contribution in [1.82, 2.24) is 9.97 Å². The second kappa shape index (κ2) is 6.05. The zero-order valence-electron chi connectivity index (χ0n) is 8.38. The number of hydrogen-bond acceptors (Lipinski definition) is 5. The van der Waals surface area contributed by atoms with Crippen LogP contribution >= 0.6 is 0 Å². The third-order valence-corrected chi connectivity index (χ3v) is 1.62. The Bertz CT molecular complexity index is 305. The summed E-state index contributed by atoms with van der Waals surface area (Å²) in [4.78, 5) is 18.8. The van der Waals surface area contributed by atoms with Crippen LogP contribution in [0.25, 0.3) is 0 Å². The van der Waals surface area contributed by atoms with E-state index in [9.17, 15) is 9.90 Å². The van der Waals surface area contributed by atoms with Crippen LogP contribution in [0.4, 0.5) is 5.82 Å². The molecule has 1 rings (SSSR count). The van der Waals surface area contributed by atoms with Crippen molar-refractivity contribution in [3.05, 3.63) is 18.6 Å². The molecule has 0 radical (unpaired) electrons. The van der Waals surface area contributed by atoms with E-state index in [1.165, 1.54) is 18.6 Å². The van der Waals surface area contributed by atoms with Gasteiger partial charge in [-0.1, -0.05) is 0 Å². The van der Waals surface area contributed by atoms with E-state index in [1.54, 1.807) is 6.92 Å². The van der Waals surface area contributed by atoms with Crippen LogP contribution in [0.1, 0.15) is 6.92 Å². The number of carbonyl (C=O) groups excluding carboxylic acids is 1. The molecule has 0 saturated heterocycles. The van der Waals surface area contributed by atoms with Gasteiger partial charge in [-0.2, -0.15) is 0 Å². The lowest BCUT2D eigenvalue weighted by Crippen LogP contribution is -2.32. The molecule has 1 amide bonds. The lowest BCUT2D eigenvalue weighted by Gasteiger charge is -2.10. The number of nitrogens with one attached hydrogen (secondary N) is 1. The second-order valence-corrected chi connectivity index (χ2v) is 2.76. The molecule has 1 atom stereocenters. The monoisotopic (exact) mass is 211 g/mol. The SMILES string of the molecule is CCOCC(O)C(=O)Nc1ccncn1. The number of rotatable bonds is 5. The molecule has 1 unspecified atom stereocenters. The minimum Gasteiger partial charge on any atom is -0.381 e. The quantitative estimate of drug-likeness (QED) is 0.705. The Morgan fingerprint density at radius 3 is 3.13 bits per heavy atom.